The van der Waals surface area contributed by atoms with Crippen LogP contribution in [0.5, 0.6) is 11.5 Å². The summed E-state index contributed by atoms with van der Waals surface area (Å²) in [6, 6.07) is 8.87. The van der Waals surface area contributed by atoms with E-state index >= 15 is 0 Å². The van der Waals surface area contributed by atoms with Crippen LogP contribution in [0, 0.1) is 11.3 Å². The zero-order valence-corrected chi connectivity index (χ0v) is 11.5. The lowest BCUT2D eigenvalue weighted by Crippen LogP contribution is -2.08. The molecule has 4 nitrogen and oxygen atoms in total. The third-order valence-corrected chi connectivity index (χ3v) is 2.83. The van der Waals surface area contributed by atoms with Gasteiger partial charge in [0.25, 0.3) is 0 Å². The molecule has 0 atom stereocenters. The third kappa shape index (κ3) is 3.67. The Labute approximate surface area is 124 Å². The lowest BCUT2D eigenvalue weighted by Gasteiger charge is -2.12. The van der Waals surface area contributed by atoms with Crippen molar-refractivity contribution in [1.82, 2.24) is 4.98 Å². The Balaban J connectivity index is 2.18. The molecule has 2 aromatic rings. The van der Waals surface area contributed by atoms with Crippen molar-refractivity contribution in [3.05, 3.63) is 53.3 Å². The second kappa shape index (κ2) is 6.35. The van der Waals surface area contributed by atoms with E-state index in [1.807, 2.05) is 6.07 Å². The minimum absolute atomic E-state index is 0.0278. The van der Waals surface area contributed by atoms with Gasteiger partial charge < -0.3 is 9.47 Å². The van der Waals surface area contributed by atoms with Crippen molar-refractivity contribution in [2.24, 2.45) is 0 Å². The fourth-order valence-electron chi connectivity index (χ4n) is 1.78. The Hall–Kier alpha value is -2.75. The van der Waals surface area contributed by atoms with Crippen LogP contribution in [0.3, 0.4) is 0 Å². The molecule has 0 spiro atoms. The number of nitrogens with zero attached hydrogens (tertiary/aromatic N) is 2. The third-order valence-electron chi connectivity index (χ3n) is 2.83. The fourth-order valence-corrected chi connectivity index (χ4v) is 1.78. The van der Waals surface area contributed by atoms with Crippen LogP contribution in [-0.4, -0.2) is 12.1 Å². The maximum atomic E-state index is 12.6. The number of pyridine rings is 1. The minimum atomic E-state index is -4.53. The predicted molar refractivity (Wildman–Crippen MR) is 71.3 cm³/mol. The topological polar surface area (TPSA) is 55.1 Å². The molecule has 0 saturated carbocycles. The molecule has 0 aliphatic carbocycles. The van der Waals surface area contributed by atoms with E-state index in [9.17, 15) is 13.2 Å². The Morgan fingerprint density at radius 1 is 1.23 bits per heavy atom. The number of ether oxygens (including phenoxy) is 2. The predicted octanol–water partition coefficient (Wildman–Crippen LogP) is 3.56. The zero-order valence-electron chi connectivity index (χ0n) is 11.5. The molecule has 1 aromatic heterocycles. The SMILES string of the molecule is COc1ccc(C#N)cc1COc1ccnc(C(F)(F)F)c1. The summed E-state index contributed by atoms with van der Waals surface area (Å²) >= 11 is 0. The Morgan fingerprint density at radius 2 is 2.00 bits per heavy atom. The Kier molecular flexibility index (Phi) is 4.51. The van der Waals surface area contributed by atoms with Crippen molar-refractivity contribution >= 4 is 0 Å². The van der Waals surface area contributed by atoms with Crippen molar-refractivity contribution in [3.63, 3.8) is 0 Å². The molecule has 0 aliphatic heterocycles. The summed E-state index contributed by atoms with van der Waals surface area (Å²) < 4.78 is 48.2. The van der Waals surface area contributed by atoms with E-state index in [4.69, 9.17) is 14.7 Å². The molecule has 0 bridgehead atoms. The first-order valence-corrected chi connectivity index (χ1v) is 6.17. The van der Waals surface area contributed by atoms with Gasteiger partial charge in [-0.25, -0.2) is 0 Å². The highest BCUT2D eigenvalue weighted by atomic mass is 19.4. The molecule has 0 radical (unpaired) electrons. The molecule has 1 aromatic carbocycles. The molecule has 7 heteroatoms. The lowest BCUT2D eigenvalue weighted by atomic mass is 10.1. The van der Waals surface area contributed by atoms with Crippen molar-refractivity contribution in [3.8, 4) is 17.6 Å². The number of rotatable bonds is 4. The van der Waals surface area contributed by atoms with E-state index in [2.05, 4.69) is 4.98 Å². The summed E-state index contributed by atoms with van der Waals surface area (Å²) in [5.74, 6) is 0.524. The summed E-state index contributed by atoms with van der Waals surface area (Å²) in [7, 11) is 1.46. The molecule has 22 heavy (non-hydrogen) atoms. The van der Waals surface area contributed by atoms with Crippen LogP contribution in [0.2, 0.25) is 0 Å². The van der Waals surface area contributed by atoms with Gasteiger partial charge in [-0.15, -0.1) is 0 Å². The smallest absolute Gasteiger partial charge is 0.433 e. The van der Waals surface area contributed by atoms with E-state index < -0.39 is 11.9 Å². The number of aromatic nitrogens is 1. The maximum Gasteiger partial charge on any atom is 0.433 e. The van der Waals surface area contributed by atoms with Crippen LogP contribution in [0.4, 0.5) is 13.2 Å². The molecule has 0 saturated heterocycles. The van der Waals surface area contributed by atoms with Crippen molar-refractivity contribution < 1.29 is 22.6 Å². The van der Waals surface area contributed by atoms with Gasteiger partial charge >= 0.3 is 6.18 Å². The number of hydrogen-bond acceptors (Lipinski definition) is 4. The molecule has 0 fully saturated rings. The van der Waals surface area contributed by atoms with Crippen molar-refractivity contribution in [2.75, 3.05) is 7.11 Å². The standard InChI is InChI=1S/C15H11F3N2O2/c1-21-13-3-2-10(8-19)6-11(13)9-22-12-4-5-20-14(7-12)15(16,17)18/h2-7H,9H2,1H3. The molecular weight excluding hydrogens is 297 g/mol. The Morgan fingerprint density at radius 3 is 2.64 bits per heavy atom. The fraction of sp³-hybridized carbons (Fsp3) is 0.200. The van der Waals surface area contributed by atoms with Gasteiger partial charge in [0.05, 0.1) is 18.7 Å². The van der Waals surface area contributed by atoms with Gasteiger partial charge in [-0.1, -0.05) is 0 Å². The number of halogens is 3. The van der Waals surface area contributed by atoms with E-state index in [-0.39, 0.29) is 12.4 Å². The number of methoxy groups -OCH3 is 1. The molecule has 0 unspecified atom stereocenters. The average molecular weight is 308 g/mol. The van der Waals surface area contributed by atoms with Gasteiger partial charge in [-0.3, -0.25) is 4.98 Å². The number of hydrogen-bond donors (Lipinski definition) is 0. The molecule has 0 aliphatic rings. The molecule has 0 N–H and O–H groups in total. The maximum absolute atomic E-state index is 12.6. The molecular formula is C15H11F3N2O2. The van der Waals surface area contributed by atoms with Gasteiger partial charge in [-0.2, -0.15) is 18.4 Å². The van der Waals surface area contributed by atoms with Crippen LogP contribution < -0.4 is 9.47 Å². The normalized spacial score (nSPS) is 10.9. The van der Waals surface area contributed by atoms with Crippen molar-refractivity contribution in [1.29, 1.82) is 5.26 Å². The first-order valence-electron chi connectivity index (χ1n) is 6.17. The second-order valence-corrected chi connectivity index (χ2v) is 4.30. The highest BCUT2D eigenvalue weighted by Gasteiger charge is 2.32. The molecule has 0 amide bonds. The van der Waals surface area contributed by atoms with E-state index in [0.29, 0.717) is 16.9 Å². The molecule has 1 heterocycles. The van der Waals surface area contributed by atoms with Gasteiger partial charge in [-0.05, 0) is 24.3 Å². The summed E-state index contributed by atoms with van der Waals surface area (Å²) in [5.41, 5.74) is -0.0558. The van der Waals surface area contributed by atoms with Gasteiger partial charge in [0, 0.05) is 17.8 Å². The van der Waals surface area contributed by atoms with E-state index in [1.54, 1.807) is 18.2 Å². The number of benzene rings is 1. The van der Waals surface area contributed by atoms with Crippen LogP contribution in [0.1, 0.15) is 16.8 Å². The summed E-state index contributed by atoms with van der Waals surface area (Å²) in [4.78, 5) is 3.25. The van der Waals surface area contributed by atoms with Crippen LogP contribution in [0.15, 0.2) is 36.5 Å². The van der Waals surface area contributed by atoms with Crippen LogP contribution in [0.25, 0.3) is 0 Å². The molecule has 114 valence electrons. The minimum Gasteiger partial charge on any atom is -0.496 e. The summed E-state index contributed by atoms with van der Waals surface area (Å²) in [6.07, 6.45) is -3.50. The van der Waals surface area contributed by atoms with Gasteiger partial charge in [0.15, 0.2) is 0 Å². The quantitative estimate of drug-likeness (QED) is 0.866. The highest BCUT2D eigenvalue weighted by Crippen LogP contribution is 2.30. The lowest BCUT2D eigenvalue weighted by molar-refractivity contribution is -0.141. The number of alkyl halides is 3. The van der Waals surface area contributed by atoms with Gasteiger partial charge in [0.1, 0.15) is 23.8 Å². The average Bonchev–Trinajstić information content (AvgIpc) is 2.52. The van der Waals surface area contributed by atoms with Crippen LogP contribution >= 0.6 is 0 Å². The van der Waals surface area contributed by atoms with E-state index in [1.165, 1.54) is 13.2 Å². The highest BCUT2D eigenvalue weighted by molar-refractivity contribution is 5.42. The largest absolute Gasteiger partial charge is 0.496 e. The van der Waals surface area contributed by atoms with Crippen LogP contribution in [-0.2, 0) is 12.8 Å². The zero-order chi connectivity index (χ0) is 16.2. The second-order valence-electron chi connectivity index (χ2n) is 4.30. The molecule has 2 rings (SSSR count). The van der Waals surface area contributed by atoms with Gasteiger partial charge in [0.2, 0.25) is 0 Å². The Bertz CT molecular complexity index is 709. The monoisotopic (exact) mass is 308 g/mol. The first-order chi connectivity index (χ1) is 10.4. The summed E-state index contributed by atoms with van der Waals surface area (Å²) in [6.45, 7) is -0.0278. The first kappa shape index (κ1) is 15.6. The number of nitriles is 1. The van der Waals surface area contributed by atoms with E-state index in [0.717, 1.165) is 12.3 Å². The summed E-state index contributed by atoms with van der Waals surface area (Å²) in [5, 5.41) is 8.87. The van der Waals surface area contributed by atoms with Crippen molar-refractivity contribution in [2.45, 2.75) is 12.8 Å².